The zero-order valence-electron chi connectivity index (χ0n) is 15.8. The molecule has 0 aliphatic heterocycles. The predicted octanol–water partition coefficient (Wildman–Crippen LogP) is 2.10. The number of nitrogens with one attached hydrogen (secondary N) is 2. The van der Waals surface area contributed by atoms with Crippen molar-refractivity contribution in [3.05, 3.63) is 46.0 Å². The number of methoxy groups -OCH3 is 1. The minimum absolute atomic E-state index is 0.510. The van der Waals surface area contributed by atoms with E-state index in [1.807, 2.05) is 17.7 Å². The van der Waals surface area contributed by atoms with Crippen LogP contribution in [0.4, 0.5) is 0 Å². The van der Waals surface area contributed by atoms with E-state index in [9.17, 15) is 0 Å². The van der Waals surface area contributed by atoms with Crippen molar-refractivity contribution >= 4 is 17.6 Å². The number of aryl methyl sites for hydroxylation is 1. The van der Waals surface area contributed by atoms with Crippen LogP contribution < -0.4 is 10.6 Å². The molecule has 0 fully saturated rings. The molecule has 2 aromatic heterocycles. The van der Waals surface area contributed by atoms with Gasteiger partial charge in [-0.1, -0.05) is 17.7 Å². The van der Waals surface area contributed by atoms with E-state index in [1.165, 1.54) is 5.56 Å². The van der Waals surface area contributed by atoms with Crippen molar-refractivity contribution in [2.24, 2.45) is 4.99 Å². The second kappa shape index (κ2) is 10.1. The number of hydrogen-bond donors (Lipinski definition) is 2. The SMILES string of the molecule is CN=C(NCCc1ccc(Cl)nc1)NCc1c(C)nn(CCOC)c1C. The maximum absolute atomic E-state index is 5.80. The molecular weight excluding hydrogens is 352 g/mol. The molecule has 0 saturated carbocycles. The lowest BCUT2D eigenvalue weighted by atomic mass is 10.2. The summed E-state index contributed by atoms with van der Waals surface area (Å²) in [4.78, 5) is 8.36. The fraction of sp³-hybridized carbons (Fsp3) is 0.500. The molecule has 0 atom stereocenters. The minimum Gasteiger partial charge on any atom is -0.383 e. The van der Waals surface area contributed by atoms with Gasteiger partial charge in [-0.05, 0) is 31.9 Å². The monoisotopic (exact) mass is 378 g/mol. The number of halogens is 1. The molecule has 0 amide bonds. The number of guanidine groups is 1. The van der Waals surface area contributed by atoms with Gasteiger partial charge in [0.25, 0.3) is 0 Å². The van der Waals surface area contributed by atoms with Crippen LogP contribution in [0.25, 0.3) is 0 Å². The van der Waals surface area contributed by atoms with Gasteiger partial charge in [-0.3, -0.25) is 9.67 Å². The van der Waals surface area contributed by atoms with Crippen LogP contribution in [0, 0.1) is 13.8 Å². The van der Waals surface area contributed by atoms with E-state index >= 15 is 0 Å². The van der Waals surface area contributed by atoms with Crippen LogP contribution in [0.2, 0.25) is 5.15 Å². The Morgan fingerprint density at radius 3 is 2.77 bits per heavy atom. The molecule has 7 nitrogen and oxygen atoms in total. The van der Waals surface area contributed by atoms with Gasteiger partial charge < -0.3 is 15.4 Å². The Labute approximate surface area is 159 Å². The molecule has 0 aliphatic rings. The van der Waals surface area contributed by atoms with Crippen molar-refractivity contribution in [3.8, 4) is 0 Å². The lowest BCUT2D eigenvalue weighted by Gasteiger charge is -2.12. The van der Waals surface area contributed by atoms with E-state index in [4.69, 9.17) is 16.3 Å². The van der Waals surface area contributed by atoms with Gasteiger partial charge in [-0.2, -0.15) is 5.10 Å². The van der Waals surface area contributed by atoms with Crippen molar-refractivity contribution in [1.29, 1.82) is 0 Å². The molecular formula is C18H27ClN6O. The summed E-state index contributed by atoms with van der Waals surface area (Å²) >= 11 is 5.80. The Hall–Kier alpha value is -2.12. The predicted molar refractivity (Wildman–Crippen MR) is 105 cm³/mol. The Kier molecular flexibility index (Phi) is 7.87. The van der Waals surface area contributed by atoms with E-state index < -0.39 is 0 Å². The summed E-state index contributed by atoms with van der Waals surface area (Å²) in [6, 6.07) is 3.78. The second-order valence-electron chi connectivity index (χ2n) is 5.96. The first-order valence-electron chi connectivity index (χ1n) is 8.62. The number of aliphatic imine (C=N–C) groups is 1. The van der Waals surface area contributed by atoms with Gasteiger partial charge in [-0.15, -0.1) is 0 Å². The summed E-state index contributed by atoms with van der Waals surface area (Å²) in [6.45, 7) is 6.94. The molecule has 0 saturated heterocycles. The van der Waals surface area contributed by atoms with Gasteiger partial charge in [0.1, 0.15) is 5.15 Å². The summed E-state index contributed by atoms with van der Waals surface area (Å²) in [5.41, 5.74) is 4.48. The topological polar surface area (TPSA) is 76.4 Å². The van der Waals surface area contributed by atoms with Crippen LogP contribution >= 0.6 is 11.6 Å². The number of aromatic nitrogens is 3. The highest BCUT2D eigenvalue weighted by molar-refractivity contribution is 6.29. The highest BCUT2D eigenvalue weighted by Crippen LogP contribution is 2.12. The number of hydrogen-bond acceptors (Lipinski definition) is 4. The largest absolute Gasteiger partial charge is 0.383 e. The van der Waals surface area contributed by atoms with E-state index in [2.05, 4.69) is 32.6 Å². The summed E-state index contributed by atoms with van der Waals surface area (Å²) in [7, 11) is 3.46. The van der Waals surface area contributed by atoms with E-state index in [0.717, 1.165) is 42.4 Å². The smallest absolute Gasteiger partial charge is 0.191 e. The number of pyridine rings is 1. The van der Waals surface area contributed by atoms with Crippen molar-refractivity contribution in [3.63, 3.8) is 0 Å². The molecule has 2 N–H and O–H groups in total. The van der Waals surface area contributed by atoms with E-state index in [1.54, 1.807) is 26.4 Å². The number of rotatable bonds is 8. The maximum atomic E-state index is 5.80. The quantitative estimate of drug-likeness (QED) is 0.418. The minimum atomic E-state index is 0.510. The van der Waals surface area contributed by atoms with Gasteiger partial charge in [0, 0.05) is 44.7 Å². The molecule has 2 aromatic rings. The molecule has 2 rings (SSSR count). The molecule has 0 bridgehead atoms. The fourth-order valence-corrected chi connectivity index (χ4v) is 2.77. The Bertz CT molecular complexity index is 726. The Balaban J connectivity index is 1.85. The van der Waals surface area contributed by atoms with Crippen LogP contribution in [-0.4, -0.2) is 48.0 Å². The third kappa shape index (κ3) is 5.71. The van der Waals surface area contributed by atoms with Crippen LogP contribution in [0.15, 0.2) is 23.3 Å². The lowest BCUT2D eigenvalue weighted by Crippen LogP contribution is -2.38. The van der Waals surface area contributed by atoms with Crippen molar-refractivity contribution < 1.29 is 4.74 Å². The van der Waals surface area contributed by atoms with Crippen molar-refractivity contribution in [2.45, 2.75) is 33.4 Å². The summed E-state index contributed by atoms with van der Waals surface area (Å²) in [5, 5.41) is 11.8. The van der Waals surface area contributed by atoms with Crippen LogP contribution in [-0.2, 0) is 24.2 Å². The normalized spacial score (nSPS) is 11.7. The van der Waals surface area contributed by atoms with Crippen LogP contribution in [0.3, 0.4) is 0 Å². The molecule has 0 spiro atoms. The third-order valence-electron chi connectivity index (χ3n) is 4.19. The van der Waals surface area contributed by atoms with Gasteiger partial charge in [0.2, 0.25) is 0 Å². The van der Waals surface area contributed by atoms with Crippen molar-refractivity contribution in [1.82, 2.24) is 25.4 Å². The molecule has 8 heteroatoms. The van der Waals surface area contributed by atoms with Gasteiger partial charge in [0.15, 0.2) is 5.96 Å². The zero-order valence-corrected chi connectivity index (χ0v) is 16.6. The highest BCUT2D eigenvalue weighted by Gasteiger charge is 2.11. The van der Waals surface area contributed by atoms with Crippen LogP contribution in [0.1, 0.15) is 22.5 Å². The summed E-state index contributed by atoms with van der Waals surface area (Å²) in [6.07, 6.45) is 2.64. The van der Waals surface area contributed by atoms with Gasteiger partial charge >= 0.3 is 0 Å². The standard InChI is InChI=1S/C18H27ClN6O/c1-13-16(14(2)25(24-13)9-10-26-4)12-23-18(20-3)21-8-7-15-5-6-17(19)22-11-15/h5-6,11H,7-10,12H2,1-4H3,(H2,20,21,23). The third-order valence-corrected chi connectivity index (χ3v) is 4.41. The van der Waals surface area contributed by atoms with Gasteiger partial charge in [-0.25, -0.2) is 4.98 Å². The zero-order chi connectivity index (χ0) is 18.9. The Morgan fingerprint density at radius 2 is 2.12 bits per heavy atom. The maximum Gasteiger partial charge on any atom is 0.191 e. The molecule has 0 aromatic carbocycles. The first kappa shape index (κ1) is 20.2. The average molecular weight is 379 g/mol. The first-order chi connectivity index (χ1) is 12.5. The highest BCUT2D eigenvalue weighted by atomic mass is 35.5. The average Bonchev–Trinajstić information content (AvgIpc) is 2.91. The molecule has 0 aliphatic carbocycles. The molecule has 142 valence electrons. The molecule has 26 heavy (non-hydrogen) atoms. The fourth-order valence-electron chi connectivity index (χ4n) is 2.66. The Morgan fingerprint density at radius 1 is 1.31 bits per heavy atom. The lowest BCUT2D eigenvalue weighted by molar-refractivity contribution is 0.182. The molecule has 0 radical (unpaired) electrons. The molecule has 0 unspecified atom stereocenters. The molecule has 2 heterocycles. The first-order valence-corrected chi connectivity index (χ1v) is 8.99. The summed E-state index contributed by atoms with van der Waals surface area (Å²) < 4.78 is 7.12. The van der Waals surface area contributed by atoms with Crippen LogP contribution in [0.5, 0.6) is 0 Å². The van der Waals surface area contributed by atoms with E-state index in [0.29, 0.717) is 18.3 Å². The number of ether oxygens (including phenoxy) is 1. The summed E-state index contributed by atoms with van der Waals surface area (Å²) in [5.74, 6) is 0.760. The van der Waals surface area contributed by atoms with E-state index in [-0.39, 0.29) is 0 Å². The van der Waals surface area contributed by atoms with Crippen molar-refractivity contribution in [2.75, 3.05) is 27.3 Å². The van der Waals surface area contributed by atoms with Gasteiger partial charge in [0.05, 0.1) is 18.8 Å². The number of nitrogens with zero attached hydrogens (tertiary/aromatic N) is 4. The second-order valence-corrected chi connectivity index (χ2v) is 6.34.